The van der Waals surface area contributed by atoms with Crippen LogP contribution in [-0.4, -0.2) is 45.7 Å². The third kappa shape index (κ3) is 11.6. The Hall–Kier alpha value is -5.78. The summed E-state index contributed by atoms with van der Waals surface area (Å²) in [4.78, 5) is 13.7. The van der Waals surface area contributed by atoms with Gasteiger partial charge in [0.2, 0.25) is 5.75 Å². The number of para-hydroxylation sites is 6. The Kier molecular flexibility index (Phi) is 16.6. The van der Waals surface area contributed by atoms with E-state index in [2.05, 4.69) is 0 Å². The zero-order valence-corrected chi connectivity index (χ0v) is 37.6. The fourth-order valence-corrected chi connectivity index (χ4v) is 11.6. The fraction of sp³-hybridized carbons (Fsp3) is 0.217. The Labute approximate surface area is 371 Å². The molecule has 1 heterocycles. The van der Waals surface area contributed by atoms with Crippen molar-refractivity contribution in [2.75, 3.05) is 32.7 Å². The fourth-order valence-electron chi connectivity index (χ4n) is 6.64. The van der Waals surface area contributed by atoms with Crippen LogP contribution in [0.1, 0.15) is 27.8 Å². The van der Waals surface area contributed by atoms with Gasteiger partial charge in [-0.15, -0.1) is 4.51 Å². The summed E-state index contributed by atoms with van der Waals surface area (Å²) in [6, 6.07) is 44.3. The minimum absolute atomic E-state index is 0.329. The molecule has 14 nitrogen and oxygen atoms in total. The van der Waals surface area contributed by atoms with Crippen molar-refractivity contribution in [3.8, 4) is 46.0 Å². The second-order valence-electron chi connectivity index (χ2n) is 14.1. The lowest BCUT2D eigenvalue weighted by Gasteiger charge is -2.23. The molecule has 6 aromatic carbocycles. The highest BCUT2D eigenvalue weighted by Crippen LogP contribution is 2.49. The summed E-state index contributed by atoms with van der Waals surface area (Å²) < 4.78 is 36.0. The van der Waals surface area contributed by atoms with E-state index in [4.69, 9.17) is 61.4 Å². The Morgan fingerprint density at radius 1 is 0.413 bits per heavy atom. The van der Waals surface area contributed by atoms with Gasteiger partial charge in [0.25, 0.3) is 0 Å². The minimum atomic E-state index is -2.06. The van der Waals surface area contributed by atoms with Crippen LogP contribution in [0, 0.1) is 0 Å². The number of hydrogen-bond donors (Lipinski definition) is 5. The molecule has 0 saturated carbocycles. The molecule has 2 unspecified atom stereocenters. The van der Waals surface area contributed by atoms with Gasteiger partial charge in [-0.1, -0.05) is 101 Å². The predicted molar refractivity (Wildman–Crippen MR) is 252 cm³/mol. The van der Waals surface area contributed by atoms with Crippen molar-refractivity contribution in [1.82, 2.24) is 13.0 Å². The first-order valence-electron chi connectivity index (χ1n) is 20.8. The van der Waals surface area contributed by atoms with E-state index in [1.165, 1.54) is 0 Å². The molecule has 0 radical (unpaired) electrons. The van der Waals surface area contributed by atoms with Gasteiger partial charge in [-0.2, -0.15) is 0 Å². The molecule has 10 N–H and O–H groups in total. The highest BCUT2D eigenvalue weighted by molar-refractivity contribution is 7.56. The number of benzene rings is 6. The molecule has 0 amide bonds. The first-order valence-corrected chi connectivity index (χ1v) is 23.9. The number of rotatable bonds is 22. The van der Waals surface area contributed by atoms with Gasteiger partial charge in [-0.25, -0.2) is 0 Å². The van der Waals surface area contributed by atoms with Crippen molar-refractivity contribution < 1.29 is 28.2 Å². The molecule has 7 aromatic rings. The average Bonchev–Trinajstić information content (AvgIpc) is 3.30. The molecular weight excluding hydrogens is 853 g/mol. The number of nitrogens with two attached hydrogens (primary N) is 5. The first kappa shape index (κ1) is 45.3. The van der Waals surface area contributed by atoms with E-state index in [0.717, 1.165) is 27.8 Å². The lowest BCUT2D eigenvalue weighted by atomic mass is 10.1. The zero-order valence-electron chi connectivity index (χ0n) is 34.9. The topological polar surface area (TPSA) is 208 Å². The highest BCUT2D eigenvalue weighted by Gasteiger charge is 2.25. The molecule has 1 aromatic heterocycles. The molecule has 17 heteroatoms. The van der Waals surface area contributed by atoms with Crippen LogP contribution < -0.4 is 56.9 Å². The molecule has 63 heavy (non-hydrogen) atoms. The van der Waals surface area contributed by atoms with Crippen molar-refractivity contribution in [2.45, 2.75) is 32.1 Å². The third-order valence-electron chi connectivity index (χ3n) is 9.66. The summed E-state index contributed by atoms with van der Waals surface area (Å²) >= 11 is 0. The Bertz CT molecular complexity index is 2610. The number of hydrogen-bond acceptors (Lipinski definition) is 12. The second kappa shape index (κ2) is 23.1. The highest BCUT2D eigenvalue weighted by atomic mass is 31.2. The summed E-state index contributed by atoms with van der Waals surface area (Å²) in [6.07, 6.45) is 2.97. The van der Waals surface area contributed by atoms with Gasteiger partial charge in [-0.3, -0.25) is 0 Å². The summed E-state index contributed by atoms with van der Waals surface area (Å²) in [5.74, 6) is 4.12. The van der Waals surface area contributed by atoms with Crippen LogP contribution in [0.4, 0.5) is 0 Å². The van der Waals surface area contributed by atoms with E-state index in [9.17, 15) is 0 Å². The van der Waals surface area contributed by atoms with Crippen LogP contribution in [-0.2, 0) is 32.1 Å². The van der Waals surface area contributed by atoms with Crippen LogP contribution in [0.2, 0.25) is 0 Å². The molecule has 0 bridgehead atoms. The van der Waals surface area contributed by atoms with Crippen LogP contribution in [0.5, 0.6) is 46.0 Å². The van der Waals surface area contributed by atoms with Gasteiger partial charge in [0.1, 0.15) is 17.2 Å². The molecule has 0 fully saturated rings. The maximum absolute atomic E-state index is 7.04. The normalized spacial score (nSPS) is 11.6. The molecule has 0 spiro atoms. The third-order valence-corrected chi connectivity index (χ3v) is 14.3. The molecule has 7 rings (SSSR count). The van der Waals surface area contributed by atoms with Crippen LogP contribution in [0.25, 0.3) is 0 Å². The lowest BCUT2D eigenvalue weighted by molar-refractivity contribution is 0.229. The number of aromatic nitrogens is 3. The van der Waals surface area contributed by atoms with Gasteiger partial charge >= 0.3 is 16.2 Å². The predicted octanol–water partition coefficient (Wildman–Crippen LogP) is 8.82. The maximum Gasteiger partial charge on any atom is 0.319 e. The number of ether oxygens (including phenoxy) is 2. The molecule has 0 aliphatic heterocycles. The number of nitrogens with zero attached hydrogens (tertiary/aromatic N) is 3. The van der Waals surface area contributed by atoms with E-state index in [0.29, 0.717) is 119 Å². The van der Waals surface area contributed by atoms with Crippen molar-refractivity contribution in [1.29, 1.82) is 0 Å². The molecule has 328 valence electrons. The van der Waals surface area contributed by atoms with Gasteiger partial charge in [0.15, 0.2) is 31.5 Å². The first-order chi connectivity index (χ1) is 31.0. The standard InChI is InChI=1S/C46H53N8O6P3/c47-29-24-34-12-1-6-17-39(34)55-44-22-11-23-45(46(44)56-40-18-7-2-13-35(40)25-30-48)59-62-52-61-53(57-41-19-8-3-14-36(41)26-31-49)63(60-43-21-10-5-16-38(43)28-33-51)54(62)58-42-20-9-4-15-37(42)27-32-50/h1-23H,24-33,47-51H2. The van der Waals surface area contributed by atoms with Crippen LogP contribution in [0.3, 0.4) is 0 Å². The molecular formula is C46H53N8O6P3. The van der Waals surface area contributed by atoms with E-state index < -0.39 is 16.2 Å². The summed E-state index contributed by atoms with van der Waals surface area (Å²) in [5, 5.41) is 0. The van der Waals surface area contributed by atoms with Crippen molar-refractivity contribution in [3.63, 3.8) is 0 Å². The van der Waals surface area contributed by atoms with Gasteiger partial charge in [0.05, 0.1) is 0 Å². The van der Waals surface area contributed by atoms with Gasteiger partial charge in [-0.05, 0) is 139 Å². The Morgan fingerprint density at radius 3 is 1.33 bits per heavy atom. The Balaban J connectivity index is 1.44. The maximum atomic E-state index is 7.04. The van der Waals surface area contributed by atoms with E-state index in [-0.39, 0.29) is 0 Å². The van der Waals surface area contributed by atoms with E-state index >= 15 is 0 Å². The average molecular weight is 907 g/mol. The monoisotopic (exact) mass is 906 g/mol. The Morgan fingerprint density at radius 2 is 0.810 bits per heavy atom. The summed E-state index contributed by atoms with van der Waals surface area (Å²) in [7, 11) is -3.70. The minimum Gasteiger partial charge on any atom is -0.453 e. The summed E-state index contributed by atoms with van der Waals surface area (Å²) in [5.41, 5.74) is 34.9. The second-order valence-corrected chi connectivity index (χ2v) is 18.4. The largest absolute Gasteiger partial charge is 0.453 e. The smallest absolute Gasteiger partial charge is 0.319 e. The quantitative estimate of drug-likeness (QED) is 0.0432. The zero-order chi connectivity index (χ0) is 43.8. The van der Waals surface area contributed by atoms with Crippen molar-refractivity contribution >= 4 is 24.7 Å². The molecule has 0 aliphatic rings. The van der Waals surface area contributed by atoms with E-state index in [1.54, 1.807) is 8.51 Å². The van der Waals surface area contributed by atoms with Crippen LogP contribution >= 0.6 is 24.7 Å². The SMILES string of the molecule is NCCc1ccccc1Oc1cccc(Op2npn(Oc3ccccc3CCN)p(Oc3ccccc3CCN)n2Oc2ccccc2CCN)c1Oc1ccccc1CCN. The molecule has 0 saturated heterocycles. The van der Waals surface area contributed by atoms with Crippen LogP contribution in [0.15, 0.2) is 140 Å². The van der Waals surface area contributed by atoms with Crippen molar-refractivity contribution in [3.05, 3.63) is 167 Å². The van der Waals surface area contributed by atoms with E-state index in [1.807, 2.05) is 140 Å². The summed E-state index contributed by atoms with van der Waals surface area (Å²) in [6.45, 7) is 2.16. The molecule has 0 aliphatic carbocycles. The van der Waals surface area contributed by atoms with Crippen molar-refractivity contribution in [2.24, 2.45) is 28.7 Å². The van der Waals surface area contributed by atoms with Gasteiger partial charge in [0, 0.05) is 0 Å². The lowest BCUT2D eigenvalue weighted by Crippen LogP contribution is -2.16. The molecule has 2 atom stereocenters. The van der Waals surface area contributed by atoms with Gasteiger partial charge < -0.3 is 56.9 Å².